The van der Waals surface area contributed by atoms with Crippen LogP contribution >= 0.6 is 24.2 Å². The monoisotopic (exact) mass is 222 g/mol. The van der Waals surface area contributed by atoms with Crippen molar-refractivity contribution in [2.24, 2.45) is 0 Å². The van der Waals surface area contributed by atoms with Gasteiger partial charge in [0.15, 0.2) is 0 Å². The fourth-order valence-electron chi connectivity index (χ4n) is 1.88. The van der Waals surface area contributed by atoms with Gasteiger partial charge in [-0.05, 0) is 13.8 Å². The standard InChI is InChI=1S/C8H14N2OS.ClH/c1-8(2)7-10(4-3-9-8)6(11)5-12-7;/h7,9H,3-5H2,1-2H3;1H. The molecule has 3 nitrogen and oxygen atoms in total. The van der Waals surface area contributed by atoms with Gasteiger partial charge in [0, 0.05) is 18.6 Å². The Labute approximate surface area is 89.0 Å². The van der Waals surface area contributed by atoms with Crippen molar-refractivity contribution in [3.8, 4) is 0 Å². The summed E-state index contributed by atoms with van der Waals surface area (Å²) in [6.07, 6.45) is 0. The molecule has 2 saturated heterocycles. The van der Waals surface area contributed by atoms with Crippen molar-refractivity contribution in [2.45, 2.75) is 24.8 Å². The van der Waals surface area contributed by atoms with Crippen LogP contribution in [0.4, 0.5) is 0 Å². The highest BCUT2D eigenvalue weighted by atomic mass is 35.5. The molecule has 0 aliphatic carbocycles. The Kier molecular flexibility index (Phi) is 3.15. The van der Waals surface area contributed by atoms with Gasteiger partial charge in [0.25, 0.3) is 0 Å². The Balaban J connectivity index is 0.000000845. The Hall–Kier alpha value is 0.0700. The van der Waals surface area contributed by atoms with E-state index in [1.54, 1.807) is 11.8 Å². The molecule has 2 heterocycles. The first kappa shape index (κ1) is 11.1. The zero-order chi connectivity index (χ0) is 8.77. The second-order valence-corrected chi connectivity index (χ2v) is 4.97. The Morgan fingerprint density at radius 2 is 2.31 bits per heavy atom. The molecular weight excluding hydrogens is 208 g/mol. The first-order chi connectivity index (χ1) is 5.61. The first-order valence-electron chi connectivity index (χ1n) is 4.27. The van der Waals surface area contributed by atoms with Crippen molar-refractivity contribution in [3.63, 3.8) is 0 Å². The SMILES string of the molecule is CC1(C)NCCN2C(=O)CSC21.Cl. The zero-order valence-electron chi connectivity index (χ0n) is 7.87. The maximum atomic E-state index is 11.4. The fourth-order valence-corrected chi connectivity index (χ4v) is 3.25. The second-order valence-electron chi connectivity index (χ2n) is 3.90. The van der Waals surface area contributed by atoms with Crippen molar-refractivity contribution in [2.75, 3.05) is 18.8 Å². The van der Waals surface area contributed by atoms with E-state index in [4.69, 9.17) is 0 Å². The van der Waals surface area contributed by atoms with E-state index in [9.17, 15) is 4.79 Å². The third-order valence-corrected chi connectivity index (χ3v) is 4.09. The van der Waals surface area contributed by atoms with Gasteiger partial charge in [-0.3, -0.25) is 4.79 Å². The molecule has 0 aromatic rings. The number of amides is 1. The summed E-state index contributed by atoms with van der Waals surface area (Å²) in [4.78, 5) is 13.4. The molecule has 0 aromatic carbocycles. The summed E-state index contributed by atoms with van der Waals surface area (Å²) in [5.41, 5.74) is 0.0784. The van der Waals surface area contributed by atoms with Gasteiger partial charge < -0.3 is 10.2 Å². The van der Waals surface area contributed by atoms with E-state index in [0.717, 1.165) is 13.1 Å². The van der Waals surface area contributed by atoms with E-state index < -0.39 is 0 Å². The van der Waals surface area contributed by atoms with Gasteiger partial charge in [-0.15, -0.1) is 24.2 Å². The lowest BCUT2D eigenvalue weighted by Crippen LogP contribution is -2.61. The molecule has 0 saturated carbocycles. The van der Waals surface area contributed by atoms with Gasteiger partial charge in [-0.2, -0.15) is 0 Å². The Morgan fingerprint density at radius 1 is 1.62 bits per heavy atom. The molecule has 2 aliphatic heterocycles. The summed E-state index contributed by atoms with van der Waals surface area (Å²) >= 11 is 1.76. The number of nitrogens with zero attached hydrogens (tertiary/aromatic N) is 1. The van der Waals surface area contributed by atoms with Gasteiger partial charge in [0.05, 0.1) is 11.1 Å². The molecular formula is C8H15ClN2OS. The van der Waals surface area contributed by atoms with E-state index in [2.05, 4.69) is 19.2 Å². The van der Waals surface area contributed by atoms with Crippen LogP contribution in [0.2, 0.25) is 0 Å². The molecule has 76 valence electrons. The van der Waals surface area contributed by atoms with Crippen molar-refractivity contribution in [1.82, 2.24) is 10.2 Å². The van der Waals surface area contributed by atoms with Crippen molar-refractivity contribution >= 4 is 30.1 Å². The van der Waals surface area contributed by atoms with Crippen LogP contribution in [-0.2, 0) is 4.79 Å². The molecule has 13 heavy (non-hydrogen) atoms. The van der Waals surface area contributed by atoms with Crippen molar-refractivity contribution in [3.05, 3.63) is 0 Å². The number of nitrogens with one attached hydrogen (secondary N) is 1. The number of halogens is 1. The molecule has 0 radical (unpaired) electrons. The van der Waals surface area contributed by atoms with Crippen LogP contribution in [0.1, 0.15) is 13.8 Å². The molecule has 0 aromatic heterocycles. The van der Waals surface area contributed by atoms with Crippen LogP contribution in [-0.4, -0.2) is 40.6 Å². The highest BCUT2D eigenvalue weighted by molar-refractivity contribution is 8.01. The molecule has 1 amide bonds. The third kappa shape index (κ3) is 1.80. The lowest BCUT2D eigenvalue weighted by atomic mass is 10.0. The Bertz CT molecular complexity index is 222. The minimum absolute atomic E-state index is 0. The highest BCUT2D eigenvalue weighted by Crippen LogP contribution is 2.34. The molecule has 1 unspecified atom stereocenters. The number of fused-ring (bicyclic) bond motifs is 1. The van der Waals surface area contributed by atoms with Gasteiger partial charge in [-0.25, -0.2) is 0 Å². The number of thioether (sulfide) groups is 1. The number of rotatable bonds is 0. The van der Waals surface area contributed by atoms with Crippen LogP contribution in [0.25, 0.3) is 0 Å². The number of carbonyl (C=O) groups is 1. The van der Waals surface area contributed by atoms with Gasteiger partial charge in [0.1, 0.15) is 0 Å². The summed E-state index contributed by atoms with van der Waals surface area (Å²) in [6, 6.07) is 0. The average molecular weight is 223 g/mol. The van der Waals surface area contributed by atoms with Gasteiger partial charge in [0.2, 0.25) is 5.91 Å². The van der Waals surface area contributed by atoms with Gasteiger partial charge in [-0.1, -0.05) is 0 Å². The first-order valence-corrected chi connectivity index (χ1v) is 5.32. The summed E-state index contributed by atoms with van der Waals surface area (Å²) in [6.45, 7) is 6.13. The molecule has 2 fully saturated rings. The number of hydrogen-bond acceptors (Lipinski definition) is 3. The van der Waals surface area contributed by atoms with Crippen LogP contribution in [0, 0.1) is 0 Å². The summed E-state index contributed by atoms with van der Waals surface area (Å²) in [5, 5.41) is 3.78. The minimum Gasteiger partial charge on any atom is -0.327 e. The molecule has 0 bridgehead atoms. The quantitative estimate of drug-likeness (QED) is 0.655. The van der Waals surface area contributed by atoms with E-state index in [1.165, 1.54) is 0 Å². The average Bonchev–Trinajstić information content (AvgIpc) is 2.33. The van der Waals surface area contributed by atoms with E-state index in [0.29, 0.717) is 17.0 Å². The second kappa shape index (κ2) is 3.67. The smallest absolute Gasteiger partial charge is 0.233 e. The van der Waals surface area contributed by atoms with E-state index >= 15 is 0 Å². The molecule has 1 N–H and O–H groups in total. The largest absolute Gasteiger partial charge is 0.327 e. The van der Waals surface area contributed by atoms with E-state index in [-0.39, 0.29) is 17.9 Å². The topological polar surface area (TPSA) is 32.3 Å². The van der Waals surface area contributed by atoms with Crippen LogP contribution in [0.5, 0.6) is 0 Å². The Morgan fingerprint density at radius 3 is 2.92 bits per heavy atom. The molecule has 2 aliphatic rings. The number of hydrogen-bond donors (Lipinski definition) is 1. The number of carbonyl (C=O) groups excluding carboxylic acids is 1. The fraction of sp³-hybridized carbons (Fsp3) is 0.875. The van der Waals surface area contributed by atoms with Crippen LogP contribution in [0.15, 0.2) is 0 Å². The number of piperazine rings is 1. The third-order valence-electron chi connectivity index (χ3n) is 2.52. The van der Waals surface area contributed by atoms with Gasteiger partial charge >= 0.3 is 0 Å². The summed E-state index contributed by atoms with van der Waals surface area (Å²) in [5.74, 6) is 0.968. The summed E-state index contributed by atoms with van der Waals surface area (Å²) < 4.78 is 0. The van der Waals surface area contributed by atoms with Crippen molar-refractivity contribution < 1.29 is 4.79 Å². The highest BCUT2D eigenvalue weighted by Gasteiger charge is 2.44. The molecule has 0 spiro atoms. The summed E-state index contributed by atoms with van der Waals surface area (Å²) in [7, 11) is 0. The predicted molar refractivity (Wildman–Crippen MR) is 57.3 cm³/mol. The van der Waals surface area contributed by atoms with Crippen LogP contribution < -0.4 is 5.32 Å². The lowest BCUT2D eigenvalue weighted by molar-refractivity contribution is -0.129. The normalized spacial score (nSPS) is 31.1. The maximum absolute atomic E-state index is 11.4. The molecule has 1 atom stereocenters. The van der Waals surface area contributed by atoms with Crippen molar-refractivity contribution in [1.29, 1.82) is 0 Å². The molecule has 2 rings (SSSR count). The van der Waals surface area contributed by atoms with E-state index in [1.807, 2.05) is 4.90 Å². The maximum Gasteiger partial charge on any atom is 0.233 e. The lowest BCUT2D eigenvalue weighted by Gasteiger charge is -2.42. The zero-order valence-corrected chi connectivity index (χ0v) is 9.50. The predicted octanol–water partition coefficient (Wildman–Crippen LogP) is 0.691. The molecule has 5 heteroatoms. The van der Waals surface area contributed by atoms with Crippen LogP contribution in [0.3, 0.4) is 0 Å². The minimum atomic E-state index is 0.